The number of ether oxygens (including phenoxy) is 1. The summed E-state index contributed by atoms with van der Waals surface area (Å²) in [6.45, 7) is -1.18. The molecule has 8 heteroatoms. The van der Waals surface area contributed by atoms with Gasteiger partial charge in [-0.3, -0.25) is 9.78 Å². The summed E-state index contributed by atoms with van der Waals surface area (Å²) in [5.41, 5.74) is 0. The maximum atomic E-state index is 10.1. The Morgan fingerprint density at radius 2 is 1.33 bits per heavy atom. The van der Waals surface area contributed by atoms with Gasteiger partial charge < -0.3 is 4.74 Å². The Morgan fingerprint density at radius 1 is 1.00 bits per heavy atom. The molecule has 7 nitrogen and oxygen atoms in total. The number of carbonyl (C=O) groups is 2. The van der Waals surface area contributed by atoms with Gasteiger partial charge in [-0.05, 0) is 0 Å². The molecule has 0 spiro atoms. The molecular formula is C4H6O7Ti. The van der Waals surface area contributed by atoms with Crippen LogP contribution >= 0.6 is 0 Å². The van der Waals surface area contributed by atoms with E-state index in [-0.39, 0.29) is 21.7 Å². The van der Waals surface area contributed by atoms with Gasteiger partial charge >= 0.3 is 11.9 Å². The normalized spacial score (nSPS) is 8.17. The Balaban J connectivity index is 0. The molecule has 0 rings (SSSR count). The minimum absolute atomic E-state index is 0. The first-order valence-electron chi connectivity index (χ1n) is 2.47. The van der Waals surface area contributed by atoms with Gasteiger partial charge in [0.2, 0.25) is 0 Å². The topological polar surface area (TPSA) is 102 Å². The van der Waals surface area contributed by atoms with Gasteiger partial charge in [-0.2, -0.15) is 10.5 Å². The quantitative estimate of drug-likeness (QED) is 0.352. The van der Waals surface area contributed by atoms with Crippen LogP contribution < -0.4 is 0 Å². The van der Waals surface area contributed by atoms with Crippen molar-refractivity contribution in [1.29, 1.82) is 0 Å². The van der Waals surface area contributed by atoms with Crippen LogP contribution in [0.3, 0.4) is 0 Å². The van der Waals surface area contributed by atoms with E-state index in [9.17, 15) is 9.59 Å². The van der Waals surface area contributed by atoms with Crippen molar-refractivity contribution in [3.63, 3.8) is 0 Å². The van der Waals surface area contributed by atoms with E-state index in [1.54, 1.807) is 0 Å². The molecule has 0 aromatic heterocycles. The van der Waals surface area contributed by atoms with Gasteiger partial charge in [-0.25, -0.2) is 9.59 Å². The predicted molar refractivity (Wildman–Crippen MR) is 28.3 cm³/mol. The molecule has 2 N–H and O–H groups in total. The second kappa shape index (κ2) is 8.63. The second-order valence-electron chi connectivity index (χ2n) is 1.42. The van der Waals surface area contributed by atoms with E-state index in [1.807, 2.05) is 0 Å². The number of rotatable bonds is 4. The van der Waals surface area contributed by atoms with Gasteiger partial charge in [0.25, 0.3) is 0 Å². The molecule has 0 bridgehead atoms. The Labute approximate surface area is 82.0 Å². The molecule has 68 valence electrons. The molecule has 0 aromatic carbocycles. The van der Waals surface area contributed by atoms with Crippen molar-refractivity contribution in [2.75, 3.05) is 13.2 Å². The molecule has 0 aliphatic rings. The van der Waals surface area contributed by atoms with Gasteiger partial charge in [0.1, 0.15) is 13.2 Å². The number of hydrogen-bond donors (Lipinski definition) is 2. The zero-order chi connectivity index (χ0) is 8.69. The average molecular weight is 214 g/mol. The molecule has 0 aromatic rings. The largest absolute Gasteiger partial charge is 0.367 e. The molecule has 0 aliphatic heterocycles. The van der Waals surface area contributed by atoms with E-state index >= 15 is 0 Å². The molecule has 0 atom stereocenters. The monoisotopic (exact) mass is 214 g/mol. The summed E-state index contributed by atoms with van der Waals surface area (Å²) in [4.78, 5) is 26.5. The van der Waals surface area contributed by atoms with Gasteiger partial charge in [0, 0.05) is 21.7 Å². The zero-order valence-electron chi connectivity index (χ0n) is 5.85. The summed E-state index contributed by atoms with van der Waals surface area (Å²) in [7, 11) is 0. The first-order valence-corrected chi connectivity index (χ1v) is 2.47. The minimum Gasteiger partial charge on any atom is -0.358 e. The average Bonchev–Trinajstić information content (AvgIpc) is 2.04. The molecular weight excluding hydrogens is 208 g/mol. The van der Waals surface area contributed by atoms with E-state index in [0.717, 1.165) is 0 Å². The fourth-order valence-electron chi connectivity index (χ4n) is 0.270. The van der Waals surface area contributed by atoms with Crippen LogP contribution in [0.2, 0.25) is 0 Å². The molecule has 0 unspecified atom stereocenters. The third-order valence-corrected chi connectivity index (χ3v) is 0.643. The second-order valence-corrected chi connectivity index (χ2v) is 1.42. The van der Waals surface area contributed by atoms with Crippen molar-refractivity contribution in [3.05, 3.63) is 0 Å². The third-order valence-electron chi connectivity index (χ3n) is 0.643. The van der Waals surface area contributed by atoms with Gasteiger partial charge in [-0.1, -0.05) is 0 Å². The SMILES string of the molecule is O=C(COCC(=O)OO)OO.[Ti]. The molecule has 0 amide bonds. The molecule has 0 saturated carbocycles. The summed E-state index contributed by atoms with van der Waals surface area (Å²) in [6.07, 6.45) is 0. The zero-order valence-corrected chi connectivity index (χ0v) is 7.41. The van der Waals surface area contributed by atoms with Crippen molar-refractivity contribution in [2.45, 2.75) is 0 Å². The molecule has 0 radical (unpaired) electrons. The molecule has 0 saturated heterocycles. The standard InChI is InChI=1S/C4H6O7.Ti/c5-3(10-7)1-9-2-4(6)11-8;/h7-8H,1-2H2;. The molecule has 0 fully saturated rings. The fourth-order valence-corrected chi connectivity index (χ4v) is 0.270. The third kappa shape index (κ3) is 7.64. The van der Waals surface area contributed by atoms with Crippen molar-refractivity contribution >= 4 is 11.9 Å². The first-order chi connectivity index (χ1) is 5.20. The van der Waals surface area contributed by atoms with Gasteiger partial charge in [0.05, 0.1) is 0 Å². The Bertz CT molecular complexity index is 130. The summed E-state index contributed by atoms with van der Waals surface area (Å²) in [6, 6.07) is 0. The fraction of sp³-hybridized carbons (Fsp3) is 0.500. The van der Waals surface area contributed by atoms with Crippen LogP contribution in [0.15, 0.2) is 0 Å². The van der Waals surface area contributed by atoms with Crippen LogP contribution in [0, 0.1) is 0 Å². The van der Waals surface area contributed by atoms with Crippen molar-refractivity contribution < 1.29 is 56.3 Å². The molecule has 0 heterocycles. The Kier molecular flexibility index (Phi) is 10.1. The smallest absolute Gasteiger partial charge is 0.358 e. The van der Waals surface area contributed by atoms with Gasteiger partial charge in [0.15, 0.2) is 0 Å². The Morgan fingerprint density at radius 3 is 1.58 bits per heavy atom. The van der Waals surface area contributed by atoms with E-state index in [2.05, 4.69) is 14.5 Å². The predicted octanol–water partition coefficient (Wildman–Crippen LogP) is -0.967. The van der Waals surface area contributed by atoms with Crippen LogP contribution in [0.25, 0.3) is 0 Å². The van der Waals surface area contributed by atoms with Crippen molar-refractivity contribution in [1.82, 2.24) is 0 Å². The number of hydrogen-bond acceptors (Lipinski definition) is 7. The van der Waals surface area contributed by atoms with Gasteiger partial charge in [-0.15, -0.1) is 0 Å². The maximum Gasteiger partial charge on any atom is 0.367 e. The van der Waals surface area contributed by atoms with E-state index in [4.69, 9.17) is 10.5 Å². The van der Waals surface area contributed by atoms with Crippen LogP contribution in [-0.2, 0) is 45.8 Å². The van der Waals surface area contributed by atoms with Crippen molar-refractivity contribution in [2.24, 2.45) is 0 Å². The van der Waals surface area contributed by atoms with E-state index in [0.29, 0.717) is 0 Å². The van der Waals surface area contributed by atoms with E-state index in [1.165, 1.54) is 0 Å². The molecule has 0 aliphatic carbocycles. The van der Waals surface area contributed by atoms with E-state index < -0.39 is 25.2 Å². The first kappa shape index (κ1) is 14.1. The Hall–Kier alpha value is -0.466. The van der Waals surface area contributed by atoms with Crippen LogP contribution in [-0.4, -0.2) is 35.7 Å². The minimum atomic E-state index is -1.05. The van der Waals surface area contributed by atoms with Crippen LogP contribution in [0.4, 0.5) is 0 Å². The number of carbonyl (C=O) groups excluding carboxylic acids is 2. The summed E-state index contributed by atoms with van der Waals surface area (Å²) < 4.78 is 4.27. The summed E-state index contributed by atoms with van der Waals surface area (Å²) in [5, 5.41) is 15.3. The van der Waals surface area contributed by atoms with Crippen molar-refractivity contribution in [3.8, 4) is 0 Å². The molecule has 12 heavy (non-hydrogen) atoms. The van der Waals surface area contributed by atoms with Crippen LogP contribution in [0.1, 0.15) is 0 Å². The summed E-state index contributed by atoms with van der Waals surface area (Å²) >= 11 is 0. The maximum absolute atomic E-state index is 10.1. The summed E-state index contributed by atoms with van der Waals surface area (Å²) in [5.74, 6) is -2.09. The van der Waals surface area contributed by atoms with Crippen LogP contribution in [0.5, 0.6) is 0 Å².